The Bertz CT molecular complexity index is 79.0. The summed E-state index contributed by atoms with van der Waals surface area (Å²) in [6, 6.07) is 0. The predicted octanol–water partition coefficient (Wildman–Crippen LogP) is 1.24. The van der Waals surface area contributed by atoms with E-state index in [1.165, 1.54) is 6.42 Å². The number of ether oxygens (including phenoxy) is 1. The number of hydrogen-bond donors (Lipinski definition) is 0. The summed E-state index contributed by atoms with van der Waals surface area (Å²) in [4.78, 5) is 2.16. The second kappa shape index (κ2) is 3.18. The summed E-state index contributed by atoms with van der Waals surface area (Å²) in [5.41, 5.74) is 0. The molecule has 0 bridgehead atoms. The molecular formula is C7H14NO. The van der Waals surface area contributed by atoms with Gasteiger partial charge in [0.25, 0.3) is 0 Å². The van der Waals surface area contributed by atoms with Crippen LogP contribution in [0.5, 0.6) is 0 Å². The first kappa shape index (κ1) is 7.03. The van der Waals surface area contributed by atoms with Crippen LogP contribution in [-0.2, 0) is 4.74 Å². The van der Waals surface area contributed by atoms with Gasteiger partial charge in [0.15, 0.2) is 6.23 Å². The SMILES string of the molecule is CCN(C)[C]1CCCO1. The van der Waals surface area contributed by atoms with E-state index < -0.39 is 0 Å². The molecule has 53 valence electrons. The molecule has 0 unspecified atom stereocenters. The minimum atomic E-state index is 0.916. The molecule has 0 atom stereocenters. The zero-order chi connectivity index (χ0) is 6.69. The van der Waals surface area contributed by atoms with Gasteiger partial charge in [-0.2, -0.15) is 0 Å². The highest BCUT2D eigenvalue weighted by atomic mass is 16.5. The Morgan fingerprint density at radius 2 is 2.44 bits per heavy atom. The lowest BCUT2D eigenvalue weighted by Gasteiger charge is -2.18. The van der Waals surface area contributed by atoms with Crippen LogP contribution in [0.1, 0.15) is 19.8 Å². The fourth-order valence-electron chi connectivity index (χ4n) is 0.963. The molecule has 2 nitrogen and oxygen atoms in total. The van der Waals surface area contributed by atoms with Crippen LogP contribution in [0.25, 0.3) is 0 Å². The van der Waals surface area contributed by atoms with Crippen molar-refractivity contribution in [3.05, 3.63) is 6.23 Å². The van der Waals surface area contributed by atoms with Crippen LogP contribution in [0.4, 0.5) is 0 Å². The first-order chi connectivity index (χ1) is 4.34. The normalized spacial score (nSPS) is 21.7. The molecule has 1 fully saturated rings. The van der Waals surface area contributed by atoms with Crippen LogP contribution in [-0.4, -0.2) is 25.1 Å². The molecule has 0 aliphatic carbocycles. The quantitative estimate of drug-likeness (QED) is 0.554. The second-order valence-corrected chi connectivity index (χ2v) is 2.36. The lowest BCUT2D eigenvalue weighted by molar-refractivity contribution is 0.0944. The molecule has 1 heterocycles. The summed E-state index contributed by atoms with van der Waals surface area (Å²) in [5.74, 6) is 0. The van der Waals surface area contributed by atoms with E-state index >= 15 is 0 Å². The summed E-state index contributed by atoms with van der Waals surface area (Å²) < 4.78 is 5.35. The van der Waals surface area contributed by atoms with Crippen molar-refractivity contribution in [1.29, 1.82) is 0 Å². The predicted molar refractivity (Wildman–Crippen MR) is 36.7 cm³/mol. The van der Waals surface area contributed by atoms with Crippen molar-refractivity contribution in [3.8, 4) is 0 Å². The fourth-order valence-corrected chi connectivity index (χ4v) is 0.963. The standard InChI is InChI=1S/C7H14NO/c1-3-8(2)7-5-4-6-9-7/h3-6H2,1-2H3. The maximum absolute atomic E-state index is 5.35. The van der Waals surface area contributed by atoms with Gasteiger partial charge >= 0.3 is 0 Å². The first-order valence-electron chi connectivity index (χ1n) is 3.54. The van der Waals surface area contributed by atoms with E-state index in [4.69, 9.17) is 4.74 Å². The Morgan fingerprint density at radius 1 is 1.67 bits per heavy atom. The summed E-state index contributed by atoms with van der Waals surface area (Å²) >= 11 is 0. The minimum absolute atomic E-state index is 0.916. The zero-order valence-electron chi connectivity index (χ0n) is 6.18. The van der Waals surface area contributed by atoms with Crippen molar-refractivity contribution >= 4 is 0 Å². The maximum Gasteiger partial charge on any atom is 0.164 e. The average Bonchev–Trinajstić information content (AvgIpc) is 2.37. The van der Waals surface area contributed by atoms with Gasteiger partial charge in [-0.1, -0.05) is 6.92 Å². The molecule has 0 saturated carbocycles. The lowest BCUT2D eigenvalue weighted by Crippen LogP contribution is -2.22. The third-order valence-electron chi connectivity index (χ3n) is 1.70. The van der Waals surface area contributed by atoms with Crippen molar-refractivity contribution in [3.63, 3.8) is 0 Å². The van der Waals surface area contributed by atoms with E-state index in [0.29, 0.717) is 0 Å². The largest absolute Gasteiger partial charge is 0.356 e. The van der Waals surface area contributed by atoms with Gasteiger partial charge in [0, 0.05) is 6.61 Å². The summed E-state index contributed by atoms with van der Waals surface area (Å²) in [6.45, 7) is 4.10. The molecule has 0 amide bonds. The van der Waals surface area contributed by atoms with Gasteiger partial charge in [-0.05, 0) is 26.4 Å². The number of nitrogens with zero attached hydrogens (tertiary/aromatic N) is 1. The molecule has 2 heteroatoms. The first-order valence-corrected chi connectivity index (χ1v) is 3.54. The zero-order valence-corrected chi connectivity index (χ0v) is 6.18. The molecule has 1 aliphatic rings. The van der Waals surface area contributed by atoms with Gasteiger partial charge in [0.2, 0.25) is 0 Å². The molecule has 0 spiro atoms. The van der Waals surface area contributed by atoms with Gasteiger partial charge in [-0.25, -0.2) is 0 Å². The lowest BCUT2D eigenvalue weighted by atomic mass is 10.3. The Kier molecular flexibility index (Phi) is 2.49. The van der Waals surface area contributed by atoms with Gasteiger partial charge < -0.3 is 4.74 Å². The van der Waals surface area contributed by atoms with E-state index in [9.17, 15) is 0 Å². The van der Waals surface area contributed by atoms with Crippen molar-refractivity contribution in [2.45, 2.75) is 19.8 Å². The van der Waals surface area contributed by atoms with Gasteiger partial charge in [0.05, 0.1) is 0 Å². The molecule has 0 aromatic rings. The Morgan fingerprint density at radius 3 is 2.89 bits per heavy atom. The van der Waals surface area contributed by atoms with Crippen molar-refractivity contribution < 1.29 is 4.74 Å². The molecule has 1 rings (SSSR count). The third-order valence-corrected chi connectivity index (χ3v) is 1.70. The van der Waals surface area contributed by atoms with E-state index in [2.05, 4.69) is 18.9 Å². The molecule has 0 aromatic carbocycles. The van der Waals surface area contributed by atoms with Crippen LogP contribution >= 0.6 is 0 Å². The second-order valence-electron chi connectivity index (χ2n) is 2.36. The molecular weight excluding hydrogens is 114 g/mol. The van der Waals surface area contributed by atoms with E-state index in [1.54, 1.807) is 0 Å². The average molecular weight is 128 g/mol. The topological polar surface area (TPSA) is 12.5 Å². The molecule has 1 aliphatic heterocycles. The van der Waals surface area contributed by atoms with E-state index in [1.807, 2.05) is 0 Å². The highest BCUT2D eigenvalue weighted by molar-refractivity contribution is 4.80. The fraction of sp³-hybridized carbons (Fsp3) is 0.857. The van der Waals surface area contributed by atoms with Crippen molar-refractivity contribution in [1.82, 2.24) is 4.90 Å². The summed E-state index contributed by atoms with van der Waals surface area (Å²) in [7, 11) is 2.07. The molecule has 0 N–H and O–H groups in total. The van der Waals surface area contributed by atoms with Crippen LogP contribution < -0.4 is 0 Å². The van der Waals surface area contributed by atoms with Crippen molar-refractivity contribution in [2.24, 2.45) is 0 Å². The van der Waals surface area contributed by atoms with E-state index in [0.717, 1.165) is 25.8 Å². The Balaban J connectivity index is 2.24. The molecule has 0 aromatic heterocycles. The van der Waals surface area contributed by atoms with Crippen LogP contribution in [0, 0.1) is 6.23 Å². The van der Waals surface area contributed by atoms with Gasteiger partial charge in [-0.15, -0.1) is 0 Å². The maximum atomic E-state index is 5.35. The summed E-state index contributed by atoms with van der Waals surface area (Å²) in [5, 5.41) is 0. The molecule has 1 saturated heterocycles. The highest BCUT2D eigenvalue weighted by Gasteiger charge is 2.19. The number of rotatable bonds is 2. The van der Waals surface area contributed by atoms with Crippen LogP contribution in [0.15, 0.2) is 0 Å². The third kappa shape index (κ3) is 1.66. The van der Waals surface area contributed by atoms with Gasteiger partial charge in [-0.3, -0.25) is 4.90 Å². The van der Waals surface area contributed by atoms with Crippen LogP contribution in [0.2, 0.25) is 0 Å². The van der Waals surface area contributed by atoms with Gasteiger partial charge in [0.1, 0.15) is 0 Å². The monoisotopic (exact) mass is 128 g/mol. The number of hydrogen-bond acceptors (Lipinski definition) is 2. The highest BCUT2D eigenvalue weighted by Crippen LogP contribution is 2.21. The Hall–Kier alpha value is -0.0800. The smallest absolute Gasteiger partial charge is 0.164 e. The summed E-state index contributed by atoms with van der Waals surface area (Å²) in [6.07, 6.45) is 3.49. The van der Waals surface area contributed by atoms with Crippen molar-refractivity contribution in [2.75, 3.05) is 20.2 Å². The molecule has 1 radical (unpaired) electrons. The molecule has 9 heavy (non-hydrogen) atoms. The Labute approximate surface area is 56.8 Å². The van der Waals surface area contributed by atoms with Crippen LogP contribution in [0.3, 0.4) is 0 Å². The van der Waals surface area contributed by atoms with E-state index in [-0.39, 0.29) is 0 Å². The minimum Gasteiger partial charge on any atom is -0.356 e.